The zero-order valence-electron chi connectivity index (χ0n) is 10.5. The van der Waals surface area contributed by atoms with Gasteiger partial charge in [0, 0.05) is 13.1 Å². The van der Waals surface area contributed by atoms with E-state index in [4.69, 9.17) is 20.7 Å². The minimum Gasteiger partial charge on any atom is -0.378 e. The summed E-state index contributed by atoms with van der Waals surface area (Å²) in [6.07, 6.45) is 2.77. The number of nitrogens with two attached hydrogens (primary N) is 2. The van der Waals surface area contributed by atoms with E-state index in [2.05, 4.69) is 10.1 Å². The molecule has 0 spiro atoms. The van der Waals surface area contributed by atoms with Crippen LogP contribution in [0.2, 0.25) is 0 Å². The van der Waals surface area contributed by atoms with Gasteiger partial charge in [0.05, 0.1) is 19.3 Å². The van der Waals surface area contributed by atoms with Gasteiger partial charge < -0.3 is 25.6 Å². The number of aromatic nitrogens is 2. The van der Waals surface area contributed by atoms with Crippen molar-refractivity contribution in [3.05, 3.63) is 5.89 Å². The monoisotopic (exact) mass is 255 g/mol. The van der Waals surface area contributed by atoms with Crippen LogP contribution in [0.5, 0.6) is 0 Å². The van der Waals surface area contributed by atoms with E-state index in [0.29, 0.717) is 31.6 Å². The summed E-state index contributed by atoms with van der Waals surface area (Å²) in [5.41, 5.74) is 11.4. The molecule has 2 rings (SSSR count). The van der Waals surface area contributed by atoms with Gasteiger partial charge in [-0.15, -0.1) is 0 Å². The molecule has 0 amide bonds. The van der Waals surface area contributed by atoms with E-state index in [1.54, 1.807) is 0 Å². The van der Waals surface area contributed by atoms with Crippen molar-refractivity contribution in [1.82, 2.24) is 10.1 Å². The normalized spacial score (nSPS) is 18.0. The van der Waals surface area contributed by atoms with Crippen molar-refractivity contribution < 1.29 is 9.26 Å². The molecule has 1 aromatic rings. The van der Waals surface area contributed by atoms with E-state index in [-0.39, 0.29) is 6.04 Å². The third kappa shape index (κ3) is 3.41. The lowest BCUT2D eigenvalue weighted by Gasteiger charge is -2.24. The summed E-state index contributed by atoms with van der Waals surface area (Å²) in [6, 6.07) is -0.196. The molecule has 0 saturated carbocycles. The number of hydrogen-bond donors (Lipinski definition) is 2. The third-order valence-electron chi connectivity index (χ3n) is 3.01. The number of hydrogen-bond acceptors (Lipinski definition) is 7. The second-order valence-electron chi connectivity index (χ2n) is 4.42. The van der Waals surface area contributed by atoms with Gasteiger partial charge in [-0.1, -0.05) is 6.42 Å². The van der Waals surface area contributed by atoms with Gasteiger partial charge in [0.25, 0.3) is 5.95 Å². The maximum Gasteiger partial charge on any atom is 0.266 e. The van der Waals surface area contributed by atoms with Gasteiger partial charge in [-0.05, 0) is 24.5 Å². The largest absolute Gasteiger partial charge is 0.378 e. The van der Waals surface area contributed by atoms with Crippen LogP contribution in [0.1, 0.15) is 31.2 Å². The van der Waals surface area contributed by atoms with Crippen LogP contribution in [-0.4, -0.2) is 43.0 Å². The predicted octanol–water partition coefficient (Wildman–Crippen LogP) is 0.0350. The van der Waals surface area contributed by atoms with E-state index >= 15 is 0 Å². The molecular weight excluding hydrogens is 234 g/mol. The second kappa shape index (κ2) is 6.67. The molecule has 1 saturated heterocycles. The molecule has 0 radical (unpaired) electrons. The summed E-state index contributed by atoms with van der Waals surface area (Å²) in [5, 5.41) is 3.97. The first-order chi connectivity index (χ1) is 8.81. The lowest BCUT2D eigenvalue weighted by atomic mass is 10.1. The van der Waals surface area contributed by atoms with Crippen LogP contribution in [0.25, 0.3) is 0 Å². The van der Waals surface area contributed by atoms with Crippen LogP contribution >= 0.6 is 0 Å². The van der Waals surface area contributed by atoms with Crippen LogP contribution in [0.3, 0.4) is 0 Å². The Morgan fingerprint density at radius 3 is 2.78 bits per heavy atom. The maximum absolute atomic E-state index is 6.00. The number of unbranched alkanes of at least 4 members (excludes halogenated alkanes) is 1. The highest BCUT2D eigenvalue weighted by Crippen LogP contribution is 2.18. The number of rotatable bonds is 6. The Kier molecular flexibility index (Phi) is 4.91. The van der Waals surface area contributed by atoms with Crippen molar-refractivity contribution in [1.29, 1.82) is 0 Å². The Balaban J connectivity index is 1.88. The predicted molar refractivity (Wildman–Crippen MR) is 67.2 cm³/mol. The zero-order valence-corrected chi connectivity index (χ0v) is 10.5. The summed E-state index contributed by atoms with van der Waals surface area (Å²) in [4.78, 5) is 6.39. The van der Waals surface area contributed by atoms with Crippen molar-refractivity contribution in [2.75, 3.05) is 37.7 Å². The molecule has 1 aliphatic heterocycles. The average Bonchev–Trinajstić information content (AvgIpc) is 2.89. The van der Waals surface area contributed by atoms with Crippen LogP contribution < -0.4 is 16.4 Å². The van der Waals surface area contributed by atoms with E-state index in [0.717, 1.165) is 32.4 Å². The fourth-order valence-corrected chi connectivity index (χ4v) is 1.90. The minimum absolute atomic E-state index is 0.196. The quantitative estimate of drug-likeness (QED) is 0.691. The molecule has 1 aliphatic rings. The number of ether oxygens (including phenoxy) is 1. The lowest BCUT2D eigenvalue weighted by molar-refractivity contribution is 0.121. The molecule has 1 fully saturated rings. The maximum atomic E-state index is 6.00. The number of morpholine rings is 1. The van der Waals surface area contributed by atoms with Gasteiger partial charge in [0.2, 0.25) is 5.89 Å². The molecule has 1 aromatic heterocycles. The van der Waals surface area contributed by atoms with Gasteiger partial charge in [-0.2, -0.15) is 4.98 Å². The topological polar surface area (TPSA) is 103 Å². The van der Waals surface area contributed by atoms with Gasteiger partial charge in [0.15, 0.2) is 0 Å². The summed E-state index contributed by atoms with van der Waals surface area (Å²) in [7, 11) is 0. The molecule has 7 nitrogen and oxygen atoms in total. The van der Waals surface area contributed by atoms with Crippen molar-refractivity contribution >= 4 is 5.95 Å². The Labute approximate surface area is 106 Å². The molecule has 0 bridgehead atoms. The van der Waals surface area contributed by atoms with Gasteiger partial charge in [-0.25, -0.2) is 0 Å². The number of anilines is 1. The first kappa shape index (κ1) is 13.3. The van der Waals surface area contributed by atoms with E-state index in [1.165, 1.54) is 0 Å². The summed E-state index contributed by atoms with van der Waals surface area (Å²) >= 11 is 0. The molecule has 0 unspecified atom stereocenters. The van der Waals surface area contributed by atoms with Crippen molar-refractivity contribution in [3.8, 4) is 0 Å². The van der Waals surface area contributed by atoms with E-state index < -0.39 is 0 Å². The number of nitrogens with zero attached hydrogens (tertiary/aromatic N) is 3. The zero-order chi connectivity index (χ0) is 12.8. The minimum atomic E-state index is -0.196. The summed E-state index contributed by atoms with van der Waals surface area (Å²) in [6.45, 7) is 3.68. The molecule has 4 N–H and O–H groups in total. The Morgan fingerprint density at radius 2 is 2.06 bits per heavy atom. The fraction of sp³-hybridized carbons (Fsp3) is 0.818. The first-order valence-corrected chi connectivity index (χ1v) is 6.43. The highest BCUT2D eigenvalue weighted by molar-refractivity contribution is 5.28. The fourth-order valence-electron chi connectivity index (χ4n) is 1.90. The van der Waals surface area contributed by atoms with Crippen molar-refractivity contribution in [2.45, 2.75) is 25.3 Å². The van der Waals surface area contributed by atoms with Crippen molar-refractivity contribution in [2.24, 2.45) is 11.5 Å². The standard InChI is InChI=1S/C11H21N5O2/c12-4-2-1-3-9(13)10-14-11(15-18-10)16-5-7-17-8-6-16/h9H,1-8,12-13H2/t9-/m0/s1. The molecule has 2 heterocycles. The van der Waals surface area contributed by atoms with Crippen LogP contribution in [0.15, 0.2) is 4.52 Å². The molecule has 7 heteroatoms. The van der Waals surface area contributed by atoms with Gasteiger partial charge in [0.1, 0.15) is 0 Å². The molecule has 18 heavy (non-hydrogen) atoms. The van der Waals surface area contributed by atoms with Crippen LogP contribution in [0.4, 0.5) is 5.95 Å². The SMILES string of the molecule is NCCCC[C@H](N)c1nc(N2CCOCC2)no1. The van der Waals surface area contributed by atoms with Crippen LogP contribution in [-0.2, 0) is 4.74 Å². The molecule has 0 aliphatic carbocycles. The van der Waals surface area contributed by atoms with E-state index in [1.807, 2.05) is 4.90 Å². The summed E-state index contributed by atoms with van der Waals surface area (Å²) in [5.74, 6) is 1.12. The Bertz CT molecular complexity index is 351. The highest BCUT2D eigenvalue weighted by atomic mass is 16.5. The van der Waals surface area contributed by atoms with Gasteiger partial charge >= 0.3 is 0 Å². The third-order valence-corrected chi connectivity index (χ3v) is 3.01. The Morgan fingerprint density at radius 1 is 1.28 bits per heavy atom. The first-order valence-electron chi connectivity index (χ1n) is 6.43. The molecule has 0 aromatic carbocycles. The molecular formula is C11H21N5O2. The second-order valence-corrected chi connectivity index (χ2v) is 4.42. The van der Waals surface area contributed by atoms with E-state index in [9.17, 15) is 0 Å². The highest BCUT2D eigenvalue weighted by Gasteiger charge is 2.19. The average molecular weight is 255 g/mol. The summed E-state index contributed by atoms with van der Waals surface area (Å²) < 4.78 is 10.5. The van der Waals surface area contributed by atoms with Crippen molar-refractivity contribution in [3.63, 3.8) is 0 Å². The molecule has 1 atom stereocenters. The smallest absolute Gasteiger partial charge is 0.266 e. The lowest BCUT2D eigenvalue weighted by Crippen LogP contribution is -2.36. The van der Waals surface area contributed by atoms with Crippen LogP contribution in [0, 0.1) is 0 Å². The Hall–Kier alpha value is -1.18. The molecule has 102 valence electrons. The van der Waals surface area contributed by atoms with Gasteiger partial charge in [-0.3, -0.25) is 0 Å².